The van der Waals surface area contributed by atoms with Crippen LogP contribution in [0.5, 0.6) is 0 Å². The average Bonchev–Trinajstić information content (AvgIpc) is 2.14. The van der Waals surface area contributed by atoms with Gasteiger partial charge in [-0.3, -0.25) is 4.79 Å². The molecule has 1 fully saturated rings. The lowest BCUT2D eigenvalue weighted by molar-refractivity contribution is 0.0232. The minimum atomic E-state index is -0.438. The van der Waals surface area contributed by atoms with Gasteiger partial charge in [-0.1, -0.05) is 26.0 Å². The van der Waals surface area contributed by atoms with Crippen molar-refractivity contribution in [2.75, 3.05) is 13.1 Å². The number of hydrogen-bond donors (Lipinski definition) is 0. The van der Waals surface area contributed by atoms with Crippen molar-refractivity contribution in [2.45, 2.75) is 13.8 Å². The van der Waals surface area contributed by atoms with Gasteiger partial charge in [-0.25, -0.2) is 4.39 Å². The number of amides is 1. The summed E-state index contributed by atoms with van der Waals surface area (Å²) in [6.07, 6.45) is 0. The molecule has 15 heavy (non-hydrogen) atoms. The SMILES string of the molecule is CC1(C)CN(C(=O)c2ccccc2F)C1. The highest BCUT2D eigenvalue weighted by Gasteiger charge is 2.37. The Bertz CT molecular complexity index is 392. The maximum absolute atomic E-state index is 13.3. The highest BCUT2D eigenvalue weighted by molar-refractivity contribution is 5.95. The molecule has 1 aliphatic heterocycles. The Kier molecular flexibility index (Phi) is 2.25. The maximum Gasteiger partial charge on any atom is 0.256 e. The molecule has 2 nitrogen and oxygen atoms in total. The van der Waals surface area contributed by atoms with Gasteiger partial charge in [0.05, 0.1) is 5.56 Å². The Labute approximate surface area is 88.7 Å². The second-order valence-corrected chi connectivity index (χ2v) is 4.81. The molecule has 0 atom stereocenters. The maximum atomic E-state index is 13.3. The lowest BCUT2D eigenvalue weighted by Crippen LogP contribution is -2.55. The van der Waals surface area contributed by atoms with Crippen LogP contribution in [0.25, 0.3) is 0 Å². The van der Waals surface area contributed by atoms with Crippen molar-refractivity contribution >= 4 is 5.91 Å². The zero-order chi connectivity index (χ0) is 11.1. The molecular formula is C12H14FNO. The van der Waals surface area contributed by atoms with E-state index in [9.17, 15) is 9.18 Å². The molecule has 0 unspecified atom stereocenters. The van der Waals surface area contributed by atoms with Crippen molar-refractivity contribution in [3.05, 3.63) is 35.6 Å². The van der Waals surface area contributed by atoms with Crippen LogP contribution in [0.3, 0.4) is 0 Å². The molecule has 0 aliphatic carbocycles. The number of hydrogen-bond acceptors (Lipinski definition) is 1. The normalized spacial score (nSPS) is 18.5. The van der Waals surface area contributed by atoms with Gasteiger partial charge >= 0.3 is 0 Å². The topological polar surface area (TPSA) is 20.3 Å². The molecule has 0 N–H and O–H groups in total. The van der Waals surface area contributed by atoms with E-state index >= 15 is 0 Å². The third kappa shape index (κ3) is 1.87. The number of rotatable bonds is 1. The standard InChI is InChI=1S/C12H14FNO/c1-12(2)7-14(8-12)11(15)9-5-3-4-6-10(9)13/h3-6H,7-8H2,1-2H3. The van der Waals surface area contributed by atoms with E-state index in [-0.39, 0.29) is 16.9 Å². The smallest absolute Gasteiger partial charge is 0.256 e. The van der Waals surface area contributed by atoms with Crippen molar-refractivity contribution < 1.29 is 9.18 Å². The number of carbonyl (C=O) groups is 1. The van der Waals surface area contributed by atoms with Gasteiger partial charge in [-0.2, -0.15) is 0 Å². The largest absolute Gasteiger partial charge is 0.337 e. The summed E-state index contributed by atoms with van der Waals surface area (Å²) in [5.74, 6) is -0.639. The van der Waals surface area contributed by atoms with Gasteiger partial charge in [-0.05, 0) is 17.5 Å². The first-order chi connectivity index (χ1) is 6.99. The van der Waals surface area contributed by atoms with Gasteiger partial charge in [0.25, 0.3) is 5.91 Å². The van der Waals surface area contributed by atoms with Crippen LogP contribution in [0, 0.1) is 11.2 Å². The van der Waals surface area contributed by atoms with Crippen molar-refractivity contribution in [3.8, 4) is 0 Å². The number of carbonyl (C=O) groups excluding carboxylic acids is 1. The van der Waals surface area contributed by atoms with E-state index in [4.69, 9.17) is 0 Å². The third-order valence-corrected chi connectivity index (χ3v) is 2.63. The average molecular weight is 207 g/mol. The van der Waals surface area contributed by atoms with Gasteiger partial charge in [0.15, 0.2) is 0 Å². The molecule has 0 spiro atoms. The fraction of sp³-hybridized carbons (Fsp3) is 0.417. The van der Waals surface area contributed by atoms with Gasteiger partial charge in [-0.15, -0.1) is 0 Å². The van der Waals surface area contributed by atoms with Crippen LogP contribution in [-0.2, 0) is 0 Å². The van der Waals surface area contributed by atoms with Crippen LogP contribution < -0.4 is 0 Å². The summed E-state index contributed by atoms with van der Waals surface area (Å²) in [4.78, 5) is 13.5. The van der Waals surface area contributed by atoms with E-state index in [1.54, 1.807) is 17.0 Å². The van der Waals surface area contributed by atoms with E-state index in [1.807, 2.05) is 0 Å². The number of likely N-dealkylation sites (tertiary alicyclic amines) is 1. The van der Waals surface area contributed by atoms with Gasteiger partial charge in [0.2, 0.25) is 0 Å². The summed E-state index contributed by atoms with van der Waals surface area (Å²) in [5.41, 5.74) is 0.356. The zero-order valence-electron chi connectivity index (χ0n) is 8.96. The van der Waals surface area contributed by atoms with Crippen LogP contribution in [-0.4, -0.2) is 23.9 Å². The Balaban J connectivity index is 2.14. The molecule has 0 aromatic heterocycles. The molecule has 0 radical (unpaired) electrons. The van der Waals surface area contributed by atoms with E-state index in [0.717, 1.165) is 0 Å². The zero-order valence-corrected chi connectivity index (χ0v) is 8.96. The summed E-state index contributed by atoms with van der Waals surface area (Å²) >= 11 is 0. The number of benzene rings is 1. The molecule has 3 heteroatoms. The molecule has 1 aliphatic rings. The predicted octanol–water partition coefficient (Wildman–Crippen LogP) is 2.31. The fourth-order valence-corrected chi connectivity index (χ4v) is 1.94. The highest BCUT2D eigenvalue weighted by atomic mass is 19.1. The van der Waals surface area contributed by atoms with Crippen LogP contribution in [0.2, 0.25) is 0 Å². The van der Waals surface area contributed by atoms with E-state index in [0.29, 0.717) is 13.1 Å². The van der Waals surface area contributed by atoms with E-state index < -0.39 is 5.82 Å². The predicted molar refractivity (Wildman–Crippen MR) is 56.1 cm³/mol. The summed E-state index contributed by atoms with van der Waals surface area (Å²) < 4.78 is 13.3. The van der Waals surface area contributed by atoms with E-state index in [1.165, 1.54) is 12.1 Å². The van der Waals surface area contributed by atoms with Gasteiger partial charge < -0.3 is 4.90 Å². The summed E-state index contributed by atoms with van der Waals surface area (Å²) in [5, 5.41) is 0. The van der Waals surface area contributed by atoms with Crippen LogP contribution in [0.15, 0.2) is 24.3 Å². The Morgan fingerprint density at radius 1 is 1.33 bits per heavy atom. The minimum Gasteiger partial charge on any atom is -0.337 e. The molecule has 0 saturated carbocycles. The molecule has 0 bridgehead atoms. The summed E-state index contributed by atoms with van der Waals surface area (Å²) in [6, 6.07) is 6.12. The van der Waals surface area contributed by atoms with Crippen LogP contribution in [0.1, 0.15) is 24.2 Å². The van der Waals surface area contributed by atoms with Crippen molar-refractivity contribution in [3.63, 3.8) is 0 Å². The molecule has 1 aromatic rings. The number of nitrogens with zero attached hydrogens (tertiary/aromatic N) is 1. The molecule has 1 saturated heterocycles. The summed E-state index contributed by atoms with van der Waals surface area (Å²) in [7, 11) is 0. The molecule has 1 heterocycles. The third-order valence-electron chi connectivity index (χ3n) is 2.63. The lowest BCUT2D eigenvalue weighted by Gasteiger charge is -2.45. The van der Waals surface area contributed by atoms with Crippen molar-refractivity contribution in [1.29, 1.82) is 0 Å². The first-order valence-corrected chi connectivity index (χ1v) is 5.03. The summed E-state index contributed by atoms with van der Waals surface area (Å²) in [6.45, 7) is 5.61. The van der Waals surface area contributed by atoms with Crippen LogP contribution in [0.4, 0.5) is 4.39 Å². The Morgan fingerprint density at radius 2 is 1.93 bits per heavy atom. The second kappa shape index (κ2) is 3.33. The minimum absolute atomic E-state index is 0.174. The molecular weight excluding hydrogens is 193 g/mol. The molecule has 1 aromatic carbocycles. The quantitative estimate of drug-likeness (QED) is 0.692. The Hall–Kier alpha value is -1.38. The number of halogens is 1. The lowest BCUT2D eigenvalue weighted by atomic mass is 9.84. The highest BCUT2D eigenvalue weighted by Crippen LogP contribution is 2.30. The molecule has 80 valence electrons. The molecule has 1 amide bonds. The van der Waals surface area contributed by atoms with Gasteiger partial charge in [0, 0.05) is 13.1 Å². The fourth-order valence-electron chi connectivity index (χ4n) is 1.94. The van der Waals surface area contributed by atoms with Crippen molar-refractivity contribution in [2.24, 2.45) is 5.41 Å². The molecule has 2 rings (SSSR count). The first-order valence-electron chi connectivity index (χ1n) is 5.03. The monoisotopic (exact) mass is 207 g/mol. The van der Waals surface area contributed by atoms with E-state index in [2.05, 4.69) is 13.8 Å². The Morgan fingerprint density at radius 3 is 2.47 bits per heavy atom. The second-order valence-electron chi connectivity index (χ2n) is 4.81. The van der Waals surface area contributed by atoms with Crippen LogP contribution >= 0.6 is 0 Å². The first kappa shape index (κ1) is 10.1. The van der Waals surface area contributed by atoms with Gasteiger partial charge in [0.1, 0.15) is 5.82 Å². The van der Waals surface area contributed by atoms with Crippen molar-refractivity contribution in [1.82, 2.24) is 4.90 Å².